The highest BCUT2D eigenvalue weighted by atomic mass is 16.5. The molecule has 1 N–H and O–H groups in total. The molecule has 4 aromatic rings. The van der Waals surface area contributed by atoms with Crippen LogP contribution in [0.2, 0.25) is 0 Å². The highest BCUT2D eigenvalue weighted by Crippen LogP contribution is 2.29. The number of hydrogen-bond acceptors (Lipinski definition) is 5. The summed E-state index contributed by atoms with van der Waals surface area (Å²) >= 11 is 0. The summed E-state index contributed by atoms with van der Waals surface area (Å²) in [5.74, 6) is 1.28. The highest BCUT2D eigenvalue weighted by Gasteiger charge is 2.19. The Kier molecular flexibility index (Phi) is 6.87. The lowest BCUT2D eigenvalue weighted by atomic mass is 9.93. The number of aliphatic carboxylic acids is 1. The molecule has 35 heavy (non-hydrogen) atoms. The highest BCUT2D eigenvalue weighted by molar-refractivity contribution is 5.87. The molecule has 0 radical (unpaired) electrons. The van der Waals surface area contributed by atoms with Crippen LogP contribution in [-0.4, -0.2) is 33.8 Å². The Bertz CT molecular complexity index is 1310. The average molecular weight is 477 g/mol. The first-order valence-electron chi connectivity index (χ1n) is 11.8. The normalized spacial score (nSPS) is 12.6. The summed E-state index contributed by atoms with van der Waals surface area (Å²) in [7, 11) is 0. The van der Waals surface area contributed by atoms with Crippen molar-refractivity contribution in [3.05, 3.63) is 66.2 Å². The Hall–Kier alpha value is -3.74. The minimum Gasteiger partial charge on any atom is -0.493 e. The number of nitrogens with zero attached hydrogens (tertiary/aromatic N) is 2. The quantitative estimate of drug-likeness (QED) is 0.282. The number of benzene rings is 2. The van der Waals surface area contributed by atoms with Gasteiger partial charge in [0.05, 0.1) is 18.9 Å². The summed E-state index contributed by atoms with van der Waals surface area (Å²) in [4.78, 5) is 16.0. The molecule has 0 saturated heterocycles. The number of ether oxygens (including phenoxy) is 2. The molecule has 2 aromatic heterocycles. The minimum absolute atomic E-state index is 0.0541. The fraction of sp³-hybridized carbons (Fsp3) is 0.357. The van der Waals surface area contributed by atoms with E-state index >= 15 is 0 Å². The van der Waals surface area contributed by atoms with E-state index in [1.165, 1.54) is 0 Å². The van der Waals surface area contributed by atoms with Crippen LogP contribution in [0.3, 0.4) is 0 Å². The lowest BCUT2D eigenvalue weighted by Crippen LogP contribution is -2.14. The zero-order valence-electron chi connectivity index (χ0n) is 20.9. The molecule has 0 aliphatic carbocycles. The molecule has 1 atom stereocenters. The molecule has 1 unspecified atom stereocenters. The van der Waals surface area contributed by atoms with E-state index in [-0.39, 0.29) is 5.41 Å². The van der Waals surface area contributed by atoms with Gasteiger partial charge < -0.3 is 23.6 Å². The number of fused-ring (bicyclic) bond motifs is 1. The van der Waals surface area contributed by atoms with Gasteiger partial charge in [-0.1, -0.05) is 20.8 Å². The summed E-state index contributed by atoms with van der Waals surface area (Å²) in [5, 5.41) is 10.3. The third-order valence-corrected chi connectivity index (χ3v) is 5.98. The van der Waals surface area contributed by atoms with E-state index in [1.807, 2.05) is 55.6 Å². The maximum atomic E-state index is 11.4. The molecule has 0 fully saturated rings. The van der Waals surface area contributed by atoms with Crippen LogP contribution in [0.1, 0.15) is 51.4 Å². The molecule has 0 aliphatic heterocycles. The van der Waals surface area contributed by atoms with Gasteiger partial charge in [0.15, 0.2) is 0 Å². The summed E-state index contributed by atoms with van der Waals surface area (Å²) in [6.45, 7) is 11.0. The van der Waals surface area contributed by atoms with E-state index in [2.05, 4.69) is 25.8 Å². The van der Waals surface area contributed by atoms with Gasteiger partial charge in [-0.05, 0) is 61.9 Å². The van der Waals surface area contributed by atoms with Gasteiger partial charge in [-0.3, -0.25) is 0 Å². The zero-order chi connectivity index (χ0) is 25.2. The fourth-order valence-electron chi connectivity index (χ4n) is 3.82. The van der Waals surface area contributed by atoms with Gasteiger partial charge in [-0.15, -0.1) is 0 Å². The number of rotatable bonds is 9. The first-order valence-corrected chi connectivity index (χ1v) is 11.8. The molecule has 2 heterocycles. The Morgan fingerprint density at radius 2 is 1.74 bits per heavy atom. The number of aromatic nitrogens is 2. The van der Waals surface area contributed by atoms with Crippen LogP contribution < -0.4 is 9.47 Å². The maximum Gasteiger partial charge on any atom is 0.326 e. The SMILES string of the molecule is Cc1cn(C(C)C(=O)O)c2ccc(OCCCOc3ccc(-c4nc(C(C)(C)C)co4)cc3)cc12. The molecule has 184 valence electrons. The van der Waals surface area contributed by atoms with Gasteiger partial charge in [0.1, 0.15) is 23.8 Å². The Labute approximate surface area is 205 Å². The third kappa shape index (κ3) is 5.50. The van der Waals surface area contributed by atoms with E-state index in [4.69, 9.17) is 13.9 Å². The second kappa shape index (κ2) is 9.86. The van der Waals surface area contributed by atoms with Crippen molar-refractivity contribution >= 4 is 16.9 Å². The molecule has 0 bridgehead atoms. The first kappa shape index (κ1) is 24.4. The topological polar surface area (TPSA) is 86.7 Å². The number of carbonyl (C=O) groups is 1. The van der Waals surface area contributed by atoms with Gasteiger partial charge in [-0.2, -0.15) is 0 Å². The number of aryl methyl sites for hydroxylation is 1. The van der Waals surface area contributed by atoms with E-state index < -0.39 is 12.0 Å². The number of hydrogen-bond donors (Lipinski definition) is 1. The van der Waals surface area contributed by atoms with Gasteiger partial charge in [0, 0.05) is 34.5 Å². The van der Waals surface area contributed by atoms with E-state index in [1.54, 1.807) is 17.8 Å². The van der Waals surface area contributed by atoms with E-state index in [0.717, 1.165) is 45.6 Å². The van der Waals surface area contributed by atoms with Crippen molar-refractivity contribution in [2.75, 3.05) is 13.2 Å². The van der Waals surface area contributed by atoms with Crippen molar-refractivity contribution < 1.29 is 23.8 Å². The molecule has 0 amide bonds. The average Bonchev–Trinajstić information content (AvgIpc) is 3.44. The van der Waals surface area contributed by atoms with Crippen molar-refractivity contribution in [3.63, 3.8) is 0 Å². The summed E-state index contributed by atoms with van der Waals surface area (Å²) in [5.41, 5.74) is 3.69. The van der Waals surface area contributed by atoms with Crippen molar-refractivity contribution in [1.29, 1.82) is 0 Å². The fourth-order valence-corrected chi connectivity index (χ4v) is 3.82. The Morgan fingerprint density at radius 3 is 2.37 bits per heavy atom. The monoisotopic (exact) mass is 476 g/mol. The molecule has 7 heteroatoms. The zero-order valence-corrected chi connectivity index (χ0v) is 20.9. The van der Waals surface area contributed by atoms with Gasteiger partial charge in [0.2, 0.25) is 5.89 Å². The van der Waals surface area contributed by atoms with Crippen LogP contribution in [-0.2, 0) is 10.2 Å². The van der Waals surface area contributed by atoms with E-state index in [9.17, 15) is 9.90 Å². The van der Waals surface area contributed by atoms with Crippen LogP contribution in [0, 0.1) is 6.92 Å². The van der Waals surface area contributed by atoms with Crippen molar-refractivity contribution in [1.82, 2.24) is 9.55 Å². The first-order chi connectivity index (χ1) is 16.6. The molecular formula is C28H32N2O5. The molecule has 7 nitrogen and oxygen atoms in total. The molecule has 0 aliphatic rings. The molecule has 0 saturated carbocycles. The number of carboxylic acids is 1. The lowest BCUT2D eigenvalue weighted by Gasteiger charge is -2.13. The number of oxazole rings is 1. The predicted octanol–water partition coefficient (Wildman–Crippen LogP) is 6.40. The van der Waals surface area contributed by atoms with Crippen LogP contribution >= 0.6 is 0 Å². The second-order valence-electron chi connectivity index (χ2n) is 9.78. The summed E-state index contributed by atoms with van der Waals surface area (Å²) in [6.07, 6.45) is 4.31. The van der Waals surface area contributed by atoms with Gasteiger partial charge in [-0.25, -0.2) is 9.78 Å². The Balaban J connectivity index is 1.27. The molecule has 0 spiro atoms. The smallest absolute Gasteiger partial charge is 0.326 e. The van der Waals surface area contributed by atoms with Crippen molar-refractivity contribution in [2.24, 2.45) is 0 Å². The largest absolute Gasteiger partial charge is 0.493 e. The molecular weight excluding hydrogens is 444 g/mol. The number of carboxylic acid groups (broad SMARTS) is 1. The maximum absolute atomic E-state index is 11.4. The predicted molar refractivity (Wildman–Crippen MR) is 135 cm³/mol. The van der Waals surface area contributed by atoms with Gasteiger partial charge in [0.25, 0.3) is 0 Å². The van der Waals surface area contributed by atoms with Crippen LogP contribution in [0.25, 0.3) is 22.4 Å². The summed E-state index contributed by atoms with van der Waals surface area (Å²) in [6, 6.07) is 12.8. The lowest BCUT2D eigenvalue weighted by molar-refractivity contribution is -0.140. The summed E-state index contributed by atoms with van der Waals surface area (Å²) < 4.78 is 19.2. The molecule has 4 rings (SSSR count). The van der Waals surface area contributed by atoms with Gasteiger partial charge >= 0.3 is 5.97 Å². The van der Waals surface area contributed by atoms with Crippen molar-refractivity contribution in [3.8, 4) is 23.0 Å². The molecule has 2 aromatic carbocycles. The van der Waals surface area contributed by atoms with Crippen molar-refractivity contribution in [2.45, 2.75) is 52.5 Å². The van der Waals surface area contributed by atoms with Crippen LogP contribution in [0.5, 0.6) is 11.5 Å². The third-order valence-electron chi connectivity index (χ3n) is 5.98. The second-order valence-corrected chi connectivity index (χ2v) is 9.78. The Morgan fingerprint density at radius 1 is 1.09 bits per heavy atom. The van der Waals surface area contributed by atoms with E-state index in [0.29, 0.717) is 19.1 Å². The standard InChI is InChI=1S/C28H32N2O5/c1-18-16-30(19(2)27(31)32)24-12-11-22(15-23(18)24)34-14-6-13-33-21-9-7-20(8-10-21)26-29-25(17-35-26)28(3,4)5/h7-12,15-17,19H,6,13-14H2,1-5H3,(H,31,32). The minimum atomic E-state index is -0.857. The van der Waals surface area contributed by atoms with Crippen LogP contribution in [0.4, 0.5) is 0 Å². The van der Waals surface area contributed by atoms with Crippen LogP contribution in [0.15, 0.2) is 59.3 Å².